The van der Waals surface area contributed by atoms with Crippen LogP contribution in [0.2, 0.25) is 0 Å². The number of carbonyl (C=O) groups is 1. The Morgan fingerprint density at radius 2 is 1.96 bits per heavy atom. The summed E-state index contributed by atoms with van der Waals surface area (Å²) < 4.78 is 0. The first-order valence-corrected chi connectivity index (χ1v) is 9.73. The summed E-state index contributed by atoms with van der Waals surface area (Å²) in [6.45, 7) is 2.59. The Labute approximate surface area is 148 Å². The molecular weight excluding hydrogens is 316 g/mol. The first kappa shape index (κ1) is 17.2. The second-order valence-corrected chi connectivity index (χ2v) is 7.66. The molecule has 3 atom stereocenters. The average Bonchev–Trinajstić information content (AvgIpc) is 3.12. The first-order chi connectivity index (χ1) is 11.7. The summed E-state index contributed by atoms with van der Waals surface area (Å²) in [6, 6.07) is 14.9. The lowest BCUT2D eigenvalue weighted by molar-refractivity contribution is -0.121. The second kappa shape index (κ2) is 8.45. The molecule has 1 aliphatic carbocycles. The average molecular weight is 343 g/mol. The first-order valence-electron chi connectivity index (χ1n) is 8.85. The van der Waals surface area contributed by atoms with Crippen LogP contribution in [0.1, 0.15) is 49.1 Å². The van der Waals surface area contributed by atoms with E-state index in [1.54, 1.807) is 11.3 Å². The van der Waals surface area contributed by atoms with Gasteiger partial charge in [-0.25, -0.2) is 0 Å². The van der Waals surface area contributed by atoms with Gasteiger partial charge < -0.3 is 5.32 Å². The zero-order valence-corrected chi connectivity index (χ0v) is 15.0. The van der Waals surface area contributed by atoms with Crippen LogP contribution in [-0.2, 0) is 4.79 Å². The van der Waals surface area contributed by atoms with Crippen molar-refractivity contribution in [3.05, 3.63) is 58.3 Å². The standard InChI is InChI=1S/C20H26N2OS/c1-15-8-5-6-11-17(15)22-19(23)14-21-20(18-12-7-13-24-18)16-9-3-2-4-10-16/h2-4,7,9-10,12-13,15,17,20-21H,5-6,8,11,14H2,1H3,(H,22,23)/t15-,17+,20-/m0/s1. The highest BCUT2D eigenvalue weighted by Gasteiger charge is 2.23. The maximum absolute atomic E-state index is 12.4. The number of nitrogens with one attached hydrogen (secondary N) is 2. The Hall–Kier alpha value is -1.65. The van der Waals surface area contributed by atoms with E-state index in [0.717, 1.165) is 6.42 Å². The molecule has 3 nitrogen and oxygen atoms in total. The lowest BCUT2D eigenvalue weighted by atomic mass is 9.86. The highest BCUT2D eigenvalue weighted by atomic mass is 32.1. The molecule has 0 spiro atoms. The van der Waals surface area contributed by atoms with E-state index >= 15 is 0 Å². The third-order valence-electron chi connectivity index (χ3n) is 4.89. The van der Waals surface area contributed by atoms with E-state index in [1.165, 1.54) is 29.7 Å². The van der Waals surface area contributed by atoms with Crippen molar-refractivity contribution in [3.63, 3.8) is 0 Å². The molecule has 0 radical (unpaired) electrons. The summed E-state index contributed by atoms with van der Waals surface area (Å²) >= 11 is 1.72. The Bertz CT molecular complexity index is 626. The van der Waals surface area contributed by atoms with Crippen LogP contribution in [0.4, 0.5) is 0 Å². The minimum Gasteiger partial charge on any atom is -0.352 e. The second-order valence-electron chi connectivity index (χ2n) is 6.68. The number of thiophene rings is 1. The maximum atomic E-state index is 12.4. The molecular formula is C20H26N2OS. The smallest absolute Gasteiger partial charge is 0.234 e. The van der Waals surface area contributed by atoms with Gasteiger partial charge >= 0.3 is 0 Å². The van der Waals surface area contributed by atoms with Gasteiger partial charge in [-0.15, -0.1) is 11.3 Å². The van der Waals surface area contributed by atoms with Crippen molar-refractivity contribution in [2.24, 2.45) is 5.92 Å². The Morgan fingerprint density at radius 3 is 2.67 bits per heavy atom. The molecule has 3 rings (SSSR count). The van der Waals surface area contributed by atoms with Crippen LogP contribution in [0.15, 0.2) is 47.8 Å². The molecule has 1 amide bonds. The largest absolute Gasteiger partial charge is 0.352 e. The third-order valence-corrected chi connectivity index (χ3v) is 5.82. The van der Waals surface area contributed by atoms with Gasteiger partial charge in [0, 0.05) is 10.9 Å². The van der Waals surface area contributed by atoms with Crippen LogP contribution in [0.25, 0.3) is 0 Å². The van der Waals surface area contributed by atoms with E-state index in [1.807, 2.05) is 18.2 Å². The van der Waals surface area contributed by atoms with Crippen LogP contribution in [0.3, 0.4) is 0 Å². The molecule has 0 aliphatic heterocycles. The SMILES string of the molecule is C[C@H]1CCCC[C@H]1NC(=O)CN[C@@H](c1ccccc1)c1cccs1. The number of rotatable bonds is 6. The fraction of sp³-hybridized carbons (Fsp3) is 0.450. The maximum Gasteiger partial charge on any atom is 0.234 e. The van der Waals surface area contributed by atoms with Crippen molar-refractivity contribution in [3.8, 4) is 0 Å². The summed E-state index contributed by atoms with van der Waals surface area (Å²) in [5.74, 6) is 0.691. The predicted octanol–water partition coefficient (Wildman–Crippen LogP) is 4.12. The lowest BCUT2D eigenvalue weighted by Crippen LogP contribution is -2.45. The summed E-state index contributed by atoms with van der Waals surface area (Å²) in [5.41, 5.74) is 1.19. The van der Waals surface area contributed by atoms with E-state index in [4.69, 9.17) is 0 Å². The van der Waals surface area contributed by atoms with Crippen LogP contribution >= 0.6 is 11.3 Å². The van der Waals surface area contributed by atoms with Gasteiger partial charge in [0.05, 0.1) is 12.6 Å². The molecule has 1 fully saturated rings. The molecule has 1 saturated carbocycles. The van der Waals surface area contributed by atoms with Crippen LogP contribution in [-0.4, -0.2) is 18.5 Å². The third kappa shape index (κ3) is 4.46. The van der Waals surface area contributed by atoms with E-state index in [2.05, 4.69) is 47.2 Å². The lowest BCUT2D eigenvalue weighted by Gasteiger charge is -2.29. The fourth-order valence-corrected chi connectivity index (χ4v) is 4.29. The highest BCUT2D eigenvalue weighted by molar-refractivity contribution is 7.10. The van der Waals surface area contributed by atoms with Gasteiger partial charge in [-0.1, -0.05) is 56.2 Å². The molecule has 1 aromatic carbocycles. The van der Waals surface area contributed by atoms with Crippen LogP contribution in [0, 0.1) is 5.92 Å². The van der Waals surface area contributed by atoms with E-state index < -0.39 is 0 Å². The number of hydrogen-bond donors (Lipinski definition) is 2. The number of carbonyl (C=O) groups excluding carboxylic acids is 1. The minimum atomic E-state index is 0.0701. The molecule has 0 saturated heterocycles. The Morgan fingerprint density at radius 1 is 1.17 bits per heavy atom. The van der Waals surface area contributed by atoms with Gasteiger partial charge in [0.15, 0.2) is 0 Å². The van der Waals surface area contributed by atoms with Crippen LogP contribution < -0.4 is 10.6 Å². The number of amides is 1. The van der Waals surface area contributed by atoms with Gasteiger partial charge in [0.2, 0.25) is 5.91 Å². The van der Waals surface area contributed by atoms with Crippen molar-refractivity contribution in [1.29, 1.82) is 0 Å². The zero-order valence-electron chi connectivity index (χ0n) is 14.2. The number of benzene rings is 1. The summed E-state index contributed by atoms with van der Waals surface area (Å²) in [7, 11) is 0. The Kier molecular flexibility index (Phi) is 6.05. The van der Waals surface area contributed by atoms with Crippen LogP contribution in [0.5, 0.6) is 0 Å². The molecule has 0 bridgehead atoms. The molecule has 1 aliphatic rings. The number of hydrogen-bond acceptors (Lipinski definition) is 3. The van der Waals surface area contributed by atoms with Crippen molar-refractivity contribution in [2.75, 3.05) is 6.54 Å². The molecule has 24 heavy (non-hydrogen) atoms. The molecule has 128 valence electrons. The highest BCUT2D eigenvalue weighted by Crippen LogP contribution is 2.26. The Balaban J connectivity index is 1.60. The normalized spacial score (nSPS) is 22.0. The van der Waals surface area contributed by atoms with E-state index in [-0.39, 0.29) is 11.9 Å². The summed E-state index contributed by atoms with van der Waals surface area (Å²) in [5, 5.41) is 8.74. The summed E-state index contributed by atoms with van der Waals surface area (Å²) in [4.78, 5) is 13.6. The summed E-state index contributed by atoms with van der Waals surface area (Å²) in [6.07, 6.45) is 4.85. The topological polar surface area (TPSA) is 41.1 Å². The van der Waals surface area contributed by atoms with Gasteiger partial charge in [-0.05, 0) is 35.8 Å². The molecule has 1 heterocycles. The molecule has 2 N–H and O–H groups in total. The zero-order chi connectivity index (χ0) is 16.8. The van der Waals surface area contributed by atoms with Crippen molar-refractivity contribution < 1.29 is 4.79 Å². The van der Waals surface area contributed by atoms with Crippen molar-refractivity contribution in [2.45, 2.75) is 44.7 Å². The minimum absolute atomic E-state index is 0.0701. The van der Waals surface area contributed by atoms with E-state index in [9.17, 15) is 4.79 Å². The fourth-order valence-electron chi connectivity index (χ4n) is 3.47. The van der Waals surface area contributed by atoms with Crippen molar-refractivity contribution in [1.82, 2.24) is 10.6 Å². The van der Waals surface area contributed by atoms with Gasteiger partial charge in [0.25, 0.3) is 0 Å². The van der Waals surface area contributed by atoms with Gasteiger partial charge in [-0.3, -0.25) is 10.1 Å². The molecule has 0 unspecified atom stereocenters. The quantitative estimate of drug-likeness (QED) is 0.829. The monoisotopic (exact) mass is 342 g/mol. The molecule has 2 aromatic rings. The molecule has 1 aromatic heterocycles. The van der Waals surface area contributed by atoms with E-state index in [0.29, 0.717) is 18.5 Å². The predicted molar refractivity (Wildman–Crippen MR) is 100 cm³/mol. The van der Waals surface area contributed by atoms with Gasteiger partial charge in [0.1, 0.15) is 0 Å². The van der Waals surface area contributed by atoms with Gasteiger partial charge in [-0.2, -0.15) is 0 Å². The molecule has 4 heteroatoms. The van der Waals surface area contributed by atoms with Crippen molar-refractivity contribution >= 4 is 17.2 Å².